The molecule has 0 saturated carbocycles. The first-order valence-corrected chi connectivity index (χ1v) is 8.82. The second-order valence-electron chi connectivity index (χ2n) is 6.33. The van der Waals surface area contributed by atoms with Crippen LogP contribution >= 0.6 is 0 Å². The van der Waals surface area contributed by atoms with E-state index in [4.69, 9.17) is 9.47 Å². The van der Waals surface area contributed by atoms with Crippen molar-refractivity contribution < 1.29 is 9.47 Å². The summed E-state index contributed by atoms with van der Waals surface area (Å²) in [5, 5.41) is 3.39. The first kappa shape index (κ1) is 18.2. The van der Waals surface area contributed by atoms with Crippen molar-refractivity contribution in [1.82, 2.24) is 0 Å². The lowest BCUT2D eigenvalue weighted by molar-refractivity contribution is 0.217. The highest BCUT2D eigenvalue weighted by Gasteiger charge is 2.06. The topological polar surface area (TPSA) is 30.5 Å². The lowest BCUT2D eigenvalue weighted by atomic mass is 10.0. The maximum Gasteiger partial charge on any atom is 0.122 e. The van der Waals surface area contributed by atoms with Crippen LogP contribution in [0.1, 0.15) is 45.6 Å². The molecule has 2 aromatic rings. The van der Waals surface area contributed by atoms with Crippen LogP contribution in [0.25, 0.3) is 0 Å². The minimum atomic E-state index is 0.233. The van der Waals surface area contributed by atoms with Gasteiger partial charge in [-0.3, -0.25) is 0 Å². The Morgan fingerprint density at radius 2 is 1.79 bits per heavy atom. The summed E-state index contributed by atoms with van der Waals surface area (Å²) >= 11 is 0. The van der Waals surface area contributed by atoms with Crippen LogP contribution in [0, 0.1) is 0 Å². The minimum Gasteiger partial charge on any atom is -0.491 e. The molecule has 0 aliphatic rings. The summed E-state index contributed by atoms with van der Waals surface area (Å²) in [5.41, 5.74) is 2.30. The number of para-hydroxylation sites is 1. The highest BCUT2D eigenvalue weighted by atomic mass is 16.5. The predicted molar refractivity (Wildman–Crippen MR) is 101 cm³/mol. The first-order chi connectivity index (χ1) is 11.6. The Bertz CT molecular complexity index is 625. The van der Waals surface area contributed by atoms with Crippen molar-refractivity contribution in [2.24, 2.45) is 0 Å². The maximum atomic E-state index is 5.94. The van der Waals surface area contributed by atoms with Crippen LogP contribution in [0.15, 0.2) is 48.5 Å². The molecule has 3 nitrogen and oxygen atoms in total. The highest BCUT2D eigenvalue weighted by Crippen LogP contribution is 2.25. The van der Waals surface area contributed by atoms with Gasteiger partial charge in [-0.2, -0.15) is 0 Å². The largest absolute Gasteiger partial charge is 0.491 e. The Labute approximate surface area is 146 Å². The summed E-state index contributed by atoms with van der Waals surface area (Å²) in [6.07, 6.45) is 1.23. The molecule has 0 bridgehead atoms. The smallest absolute Gasteiger partial charge is 0.122 e. The van der Waals surface area contributed by atoms with Gasteiger partial charge in [0.1, 0.15) is 18.1 Å². The summed E-state index contributed by atoms with van der Waals surface area (Å²) in [5.74, 6) is 2.34. The molecule has 0 aliphatic heterocycles. The number of hydrogen-bond acceptors (Lipinski definition) is 3. The molecule has 0 heterocycles. The molecule has 2 aromatic carbocycles. The molecule has 1 N–H and O–H groups in total. The molecule has 0 aliphatic carbocycles. The van der Waals surface area contributed by atoms with Crippen molar-refractivity contribution in [3.8, 4) is 11.5 Å². The lowest BCUT2D eigenvalue weighted by Crippen LogP contribution is -2.13. The van der Waals surface area contributed by atoms with Crippen molar-refractivity contribution in [3.63, 3.8) is 0 Å². The molecule has 130 valence electrons. The van der Waals surface area contributed by atoms with Crippen LogP contribution in [-0.4, -0.2) is 19.3 Å². The molecule has 0 fully saturated rings. The Kier molecular flexibility index (Phi) is 6.98. The quantitative estimate of drug-likeness (QED) is 0.619. The summed E-state index contributed by atoms with van der Waals surface area (Å²) in [6.45, 7) is 9.95. The normalized spacial score (nSPS) is 12.0. The minimum absolute atomic E-state index is 0.233. The molecule has 0 spiro atoms. The molecule has 2 rings (SSSR count). The van der Waals surface area contributed by atoms with Crippen molar-refractivity contribution >= 4 is 5.69 Å². The fraction of sp³-hybridized carbons (Fsp3) is 0.429. The maximum absolute atomic E-state index is 5.94. The molecule has 0 amide bonds. The van der Waals surface area contributed by atoms with E-state index < -0.39 is 0 Å². The monoisotopic (exact) mass is 327 g/mol. The lowest BCUT2D eigenvalue weighted by Gasteiger charge is -2.15. The number of benzene rings is 2. The van der Waals surface area contributed by atoms with E-state index in [-0.39, 0.29) is 6.10 Å². The average molecular weight is 327 g/mol. The molecule has 3 heteroatoms. The third kappa shape index (κ3) is 5.48. The van der Waals surface area contributed by atoms with Gasteiger partial charge >= 0.3 is 0 Å². The van der Waals surface area contributed by atoms with Crippen LogP contribution in [-0.2, 0) is 0 Å². The molecule has 24 heavy (non-hydrogen) atoms. The Morgan fingerprint density at radius 1 is 1.00 bits per heavy atom. The first-order valence-electron chi connectivity index (χ1n) is 8.82. The van der Waals surface area contributed by atoms with E-state index in [9.17, 15) is 0 Å². The number of anilines is 1. The van der Waals surface area contributed by atoms with Crippen molar-refractivity contribution in [2.75, 3.05) is 18.5 Å². The number of hydrogen-bond donors (Lipinski definition) is 1. The summed E-state index contributed by atoms with van der Waals surface area (Å²) in [4.78, 5) is 0. The van der Waals surface area contributed by atoms with E-state index in [1.165, 1.54) is 5.56 Å². The van der Waals surface area contributed by atoms with Gasteiger partial charge in [0.25, 0.3) is 0 Å². The molecule has 0 saturated heterocycles. The van der Waals surface area contributed by atoms with Crippen LogP contribution in [0.4, 0.5) is 5.69 Å². The zero-order valence-electron chi connectivity index (χ0n) is 15.2. The van der Waals surface area contributed by atoms with Crippen molar-refractivity contribution in [3.05, 3.63) is 54.1 Å². The van der Waals surface area contributed by atoms with Crippen molar-refractivity contribution in [2.45, 2.75) is 46.1 Å². The molecule has 0 aromatic heterocycles. The molecule has 1 atom stereocenters. The number of nitrogens with one attached hydrogen (secondary N) is 1. The van der Waals surface area contributed by atoms with Crippen LogP contribution < -0.4 is 14.8 Å². The van der Waals surface area contributed by atoms with Crippen LogP contribution in [0.3, 0.4) is 0 Å². The van der Waals surface area contributed by atoms with Gasteiger partial charge in [-0.1, -0.05) is 45.0 Å². The Balaban J connectivity index is 1.83. The molecule has 0 radical (unpaired) electrons. The summed E-state index contributed by atoms with van der Waals surface area (Å²) in [6, 6.07) is 16.3. The Hall–Kier alpha value is -2.16. The fourth-order valence-corrected chi connectivity index (χ4v) is 2.44. The summed E-state index contributed by atoms with van der Waals surface area (Å²) in [7, 11) is 0. The van der Waals surface area contributed by atoms with E-state index in [0.717, 1.165) is 30.2 Å². The second kappa shape index (κ2) is 9.21. The van der Waals surface area contributed by atoms with E-state index in [2.05, 4.69) is 45.1 Å². The van der Waals surface area contributed by atoms with E-state index in [1.54, 1.807) is 0 Å². The van der Waals surface area contributed by atoms with Gasteiger partial charge in [-0.05, 0) is 43.0 Å². The van der Waals surface area contributed by atoms with Gasteiger partial charge in [-0.15, -0.1) is 0 Å². The summed E-state index contributed by atoms with van der Waals surface area (Å²) < 4.78 is 11.8. The third-order valence-corrected chi connectivity index (χ3v) is 3.98. The predicted octanol–water partition coefficient (Wildman–Crippen LogP) is 5.48. The number of ether oxygens (including phenoxy) is 2. The average Bonchev–Trinajstić information content (AvgIpc) is 2.59. The number of rotatable bonds is 9. The highest BCUT2D eigenvalue weighted by molar-refractivity contribution is 5.48. The van der Waals surface area contributed by atoms with Gasteiger partial charge in [-0.25, -0.2) is 0 Å². The van der Waals surface area contributed by atoms with Crippen LogP contribution in [0.5, 0.6) is 11.5 Å². The second-order valence-corrected chi connectivity index (χ2v) is 6.33. The van der Waals surface area contributed by atoms with Crippen molar-refractivity contribution in [1.29, 1.82) is 0 Å². The van der Waals surface area contributed by atoms with Gasteiger partial charge in [0.15, 0.2) is 0 Å². The third-order valence-electron chi connectivity index (χ3n) is 3.98. The van der Waals surface area contributed by atoms with Crippen LogP contribution in [0.2, 0.25) is 0 Å². The van der Waals surface area contributed by atoms with Gasteiger partial charge in [0.2, 0.25) is 0 Å². The van der Waals surface area contributed by atoms with E-state index in [0.29, 0.717) is 12.5 Å². The van der Waals surface area contributed by atoms with Gasteiger partial charge in [0, 0.05) is 18.3 Å². The van der Waals surface area contributed by atoms with Gasteiger partial charge in [0.05, 0.1) is 6.10 Å². The zero-order chi connectivity index (χ0) is 17.4. The fourth-order valence-electron chi connectivity index (χ4n) is 2.44. The standard InChI is InChI=1S/C21H29NO2/c1-5-17(4)24-19-10-8-9-18(15-19)22-13-14-23-21-12-7-6-11-20(21)16(2)3/h6-12,15-17,22H,5,13-14H2,1-4H3. The SMILES string of the molecule is CCC(C)Oc1cccc(NCCOc2ccccc2C(C)C)c1. The molecule has 1 unspecified atom stereocenters. The van der Waals surface area contributed by atoms with E-state index >= 15 is 0 Å². The Morgan fingerprint density at radius 3 is 2.54 bits per heavy atom. The molecular formula is C21H29NO2. The van der Waals surface area contributed by atoms with Gasteiger partial charge < -0.3 is 14.8 Å². The molecular weight excluding hydrogens is 298 g/mol. The zero-order valence-corrected chi connectivity index (χ0v) is 15.2. The van der Waals surface area contributed by atoms with E-state index in [1.807, 2.05) is 36.4 Å².